The summed E-state index contributed by atoms with van der Waals surface area (Å²) in [5.74, 6) is 0.749. The zero-order chi connectivity index (χ0) is 11.0. The maximum atomic E-state index is 9.14. The zero-order valence-electron chi connectivity index (χ0n) is 10.2. The van der Waals surface area contributed by atoms with Crippen LogP contribution in [0.5, 0.6) is 0 Å². The molecule has 0 aromatic rings. The number of rotatable bonds is 8. The summed E-state index contributed by atoms with van der Waals surface area (Å²) in [6.07, 6.45) is 4.41. The van der Waals surface area contributed by atoms with E-state index >= 15 is 0 Å². The van der Waals surface area contributed by atoms with Crippen LogP contribution < -0.4 is 5.32 Å². The Hall–Kier alpha value is -0.0800. The molecule has 0 aromatic heterocycles. The highest BCUT2D eigenvalue weighted by Crippen LogP contribution is 2.13. The molecule has 0 radical (unpaired) electrons. The molecule has 0 aliphatic carbocycles. The van der Waals surface area contributed by atoms with Crippen LogP contribution in [0.1, 0.15) is 53.4 Å². The number of aliphatic hydroxyl groups excluding tert-OH is 1. The Kier molecular flexibility index (Phi) is 8.20. The first-order valence-corrected chi connectivity index (χ1v) is 6.03. The second kappa shape index (κ2) is 8.25. The maximum absolute atomic E-state index is 9.14. The summed E-state index contributed by atoms with van der Waals surface area (Å²) in [6, 6.07) is 0.619. The van der Waals surface area contributed by atoms with Crippen LogP contribution in [0.15, 0.2) is 0 Å². The quantitative estimate of drug-likeness (QED) is 0.632. The van der Waals surface area contributed by atoms with E-state index in [1.165, 1.54) is 19.3 Å². The molecule has 3 atom stereocenters. The van der Waals surface area contributed by atoms with Crippen molar-refractivity contribution in [2.24, 2.45) is 5.92 Å². The van der Waals surface area contributed by atoms with E-state index in [0.29, 0.717) is 6.04 Å². The van der Waals surface area contributed by atoms with E-state index in [9.17, 15) is 0 Å². The van der Waals surface area contributed by atoms with Gasteiger partial charge in [0.05, 0.1) is 6.10 Å². The van der Waals surface area contributed by atoms with Crippen molar-refractivity contribution < 1.29 is 5.11 Å². The largest absolute Gasteiger partial charge is 0.393 e. The van der Waals surface area contributed by atoms with E-state index in [4.69, 9.17) is 5.11 Å². The number of hydrogen-bond acceptors (Lipinski definition) is 2. The third kappa shape index (κ3) is 6.39. The molecule has 2 nitrogen and oxygen atoms in total. The second-order valence-corrected chi connectivity index (χ2v) is 4.37. The normalized spacial score (nSPS) is 17.8. The molecular formula is C12H27NO. The molecule has 0 heterocycles. The van der Waals surface area contributed by atoms with Crippen molar-refractivity contribution in [3.05, 3.63) is 0 Å². The third-order valence-electron chi connectivity index (χ3n) is 2.84. The molecular weight excluding hydrogens is 174 g/mol. The van der Waals surface area contributed by atoms with E-state index in [1.54, 1.807) is 0 Å². The van der Waals surface area contributed by atoms with E-state index in [1.807, 2.05) is 6.92 Å². The first kappa shape index (κ1) is 13.9. The van der Waals surface area contributed by atoms with Gasteiger partial charge in [0.25, 0.3) is 0 Å². The topological polar surface area (TPSA) is 32.3 Å². The molecule has 0 bridgehead atoms. The van der Waals surface area contributed by atoms with Gasteiger partial charge in [-0.15, -0.1) is 0 Å². The number of aliphatic hydroxyl groups is 1. The minimum absolute atomic E-state index is 0.179. The van der Waals surface area contributed by atoms with Crippen LogP contribution in [-0.2, 0) is 0 Å². The third-order valence-corrected chi connectivity index (χ3v) is 2.84. The number of hydrogen-bond donors (Lipinski definition) is 2. The van der Waals surface area contributed by atoms with Crippen molar-refractivity contribution in [1.82, 2.24) is 5.32 Å². The molecule has 86 valence electrons. The van der Waals surface area contributed by atoms with Gasteiger partial charge in [-0.3, -0.25) is 0 Å². The monoisotopic (exact) mass is 201 g/mol. The van der Waals surface area contributed by atoms with Crippen LogP contribution in [0.25, 0.3) is 0 Å². The minimum atomic E-state index is -0.179. The highest BCUT2D eigenvalue weighted by Gasteiger charge is 2.13. The zero-order valence-corrected chi connectivity index (χ0v) is 10.2. The lowest BCUT2D eigenvalue weighted by atomic mass is 9.95. The van der Waals surface area contributed by atoms with Crippen LogP contribution in [-0.4, -0.2) is 23.8 Å². The van der Waals surface area contributed by atoms with E-state index < -0.39 is 0 Å². The first-order valence-electron chi connectivity index (χ1n) is 6.03. The summed E-state index contributed by atoms with van der Waals surface area (Å²) in [7, 11) is 0. The molecule has 14 heavy (non-hydrogen) atoms. The van der Waals surface area contributed by atoms with Gasteiger partial charge in [0.1, 0.15) is 0 Å². The van der Waals surface area contributed by atoms with Gasteiger partial charge in [0.15, 0.2) is 0 Å². The smallest absolute Gasteiger partial charge is 0.0524 e. The van der Waals surface area contributed by atoms with Gasteiger partial charge >= 0.3 is 0 Å². The van der Waals surface area contributed by atoms with Gasteiger partial charge in [0, 0.05) is 6.04 Å². The van der Waals surface area contributed by atoms with Gasteiger partial charge < -0.3 is 10.4 Å². The SMILES string of the molecule is CCCC(C)C(CC)NCCC(C)O. The fraction of sp³-hybridized carbons (Fsp3) is 1.00. The highest BCUT2D eigenvalue weighted by atomic mass is 16.3. The fourth-order valence-corrected chi connectivity index (χ4v) is 1.88. The Morgan fingerprint density at radius 2 is 1.79 bits per heavy atom. The lowest BCUT2D eigenvalue weighted by molar-refractivity contribution is 0.179. The summed E-state index contributed by atoms with van der Waals surface area (Å²) >= 11 is 0. The van der Waals surface area contributed by atoms with Crippen molar-refractivity contribution in [1.29, 1.82) is 0 Å². The van der Waals surface area contributed by atoms with Crippen LogP contribution in [0.4, 0.5) is 0 Å². The Morgan fingerprint density at radius 3 is 2.21 bits per heavy atom. The molecule has 0 aromatic carbocycles. The standard InChI is InChI=1S/C12H27NO/c1-5-7-10(3)12(6-2)13-9-8-11(4)14/h10-14H,5-9H2,1-4H3. The molecule has 3 unspecified atom stereocenters. The van der Waals surface area contributed by atoms with E-state index in [2.05, 4.69) is 26.1 Å². The lowest BCUT2D eigenvalue weighted by Gasteiger charge is -2.24. The molecule has 0 rings (SSSR count). The fourth-order valence-electron chi connectivity index (χ4n) is 1.88. The molecule has 0 aliphatic heterocycles. The summed E-state index contributed by atoms with van der Waals surface area (Å²) in [5.41, 5.74) is 0. The molecule has 0 amide bonds. The van der Waals surface area contributed by atoms with Crippen molar-refractivity contribution >= 4 is 0 Å². The van der Waals surface area contributed by atoms with Gasteiger partial charge in [0.2, 0.25) is 0 Å². The molecule has 0 fully saturated rings. The van der Waals surface area contributed by atoms with Gasteiger partial charge in [-0.05, 0) is 38.6 Å². The number of nitrogens with one attached hydrogen (secondary N) is 1. The first-order chi connectivity index (χ1) is 6.61. The summed E-state index contributed by atoms with van der Waals surface area (Å²) < 4.78 is 0. The van der Waals surface area contributed by atoms with E-state index in [0.717, 1.165) is 18.9 Å². The molecule has 0 aliphatic rings. The van der Waals surface area contributed by atoms with Gasteiger partial charge in [-0.2, -0.15) is 0 Å². The maximum Gasteiger partial charge on any atom is 0.0524 e. The minimum Gasteiger partial charge on any atom is -0.393 e. The summed E-state index contributed by atoms with van der Waals surface area (Å²) in [5, 5.41) is 12.7. The van der Waals surface area contributed by atoms with E-state index in [-0.39, 0.29) is 6.10 Å². The Labute approximate surface area is 89.1 Å². The Bertz CT molecular complexity index is 125. The molecule has 0 saturated heterocycles. The van der Waals surface area contributed by atoms with Crippen molar-refractivity contribution in [3.63, 3.8) is 0 Å². The summed E-state index contributed by atoms with van der Waals surface area (Å²) in [6.45, 7) is 9.56. The summed E-state index contributed by atoms with van der Waals surface area (Å²) in [4.78, 5) is 0. The molecule has 2 N–H and O–H groups in total. The Morgan fingerprint density at radius 1 is 1.14 bits per heavy atom. The Balaban J connectivity index is 3.66. The predicted molar refractivity (Wildman–Crippen MR) is 62.5 cm³/mol. The predicted octanol–water partition coefficient (Wildman–Crippen LogP) is 2.56. The van der Waals surface area contributed by atoms with Crippen molar-refractivity contribution in [3.8, 4) is 0 Å². The van der Waals surface area contributed by atoms with Crippen LogP contribution in [0.3, 0.4) is 0 Å². The second-order valence-electron chi connectivity index (χ2n) is 4.37. The average Bonchev–Trinajstić information content (AvgIpc) is 2.12. The van der Waals surface area contributed by atoms with Crippen molar-refractivity contribution in [2.75, 3.05) is 6.54 Å². The highest BCUT2D eigenvalue weighted by molar-refractivity contribution is 4.71. The average molecular weight is 201 g/mol. The van der Waals surface area contributed by atoms with Gasteiger partial charge in [-0.25, -0.2) is 0 Å². The van der Waals surface area contributed by atoms with Gasteiger partial charge in [-0.1, -0.05) is 27.2 Å². The van der Waals surface area contributed by atoms with Crippen LogP contribution in [0.2, 0.25) is 0 Å². The molecule has 0 saturated carbocycles. The van der Waals surface area contributed by atoms with Crippen LogP contribution >= 0.6 is 0 Å². The molecule has 2 heteroatoms. The lowest BCUT2D eigenvalue weighted by Crippen LogP contribution is -2.36. The van der Waals surface area contributed by atoms with Crippen molar-refractivity contribution in [2.45, 2.75) is 65.5 Å². The molecule has 0 spiro atoms. The van der Waals surface area contributed by atoms with Crippen LogP contribution in [0, 0.1) is 5.92 Å².